The van der Waals surface area contributed by atoms with Crippen LogP contribution in [0.4, 0.5) is 0 Å². The lowest BCUT2D eigenvalue weighted by Gasteiger charge is -2.25. The summed E-state index contributed by atoms with van der Waals surface area (Å²) in [5.41, 5.74) is 8.29. The van der Waals surface area contributed by atoms with E-state index in [0.29, 0.717) is 0 Å². The van der Waals surface area contributed by atoms with E-state index in [1.165, 1.54) is 0 Å². The molecule has 2 aromatic rings. The van der Waals surface area contributed by atoms with E-state index in [9.17, 15) is 0 Å². The molecule has 0 saturated heterocycles. The van der Waals surface area contributed by atoms with Gasteiger partial charge in [0.1, 0.15) is 0 Å². The fourth-order valence-electron chi connectivity index (χ4n) is 1.86. The first kappa shape index (κ1) is 12.3. The second kappa shape index (κ2) is 4.98. The lowest BCUT2D eigenvalue weighted by atomic mass is 9.87. The Bertz CT molecular complexity index is 477. The fourth-order valence-corrected chi connectivity index (χ4v) is 2.12. The molecule has 0 bridgehead atoms. The van der Waals surface area contributed by atoms with Crippen molar-refractivity contribution in [2.45, 2.75) is 18.9 Å². The van der Waals surface area contributed by atoms with E-state index < -0.39 is 0 Å². The Labute approximate surface area is 110 Å². The zero-order chi connectivity index (χ0) is 12.3. The van der Waals surface area contributed by atoms with Gasteiger partial charge in [0.05, 0.1) is 0 Å². The van der Waals surface area contributed by atoms with Gasteiger partial charge in [-0.05, 0) is 42.7 Å². The van der Waals surface area contributed by atoms with E-state index in [2.05, 4.69) is 39.1 Å². The van der Waals surface area contributed by atoms with Crippen LogP contribution in [-0.2, 0) is 12.0 Å². The van der Waals surface area contributed by atoms with Crippen molar-refractivity contribution in [2.75, 3.05) is 0 Å². The lowest BCUT2D eigenvalue weighted by molar-refractivity contribution is 0.490. The highest BCUT2D eigenvalue weighted by Crippen LogP contribution is 2.23. The molecule has 0 radical (unpaired) electrons. The van der Waals surface area contributed by atoms with Crippen molar-refractivity contribution in [3.63, 3.8) is 0 Å². The molecule has 17 heavy (non-hydrogen) atoms. The minimum absolute atomic E-state index is 0.371. The largest absolute Gasteiger partial charge is 0.321 e. The molecule has 0 aliphatic carbocycles. The van der Waals surface area contributed by atoms with Crippen LogP contribution in [0.5, 0.6) is 0 Å². The molecule has 0 fully saturated rings. The number of rotatable bonds is 3. The second-order valence-electron chi connectivity index (χ2n) is 4.46. The highest BCUT2D eigenvalue weighted by atomic mass is 79.9. The van der Waals surface area contributed by atoms with Crippen LogP contribution in [-0.4, -0.2) is 4.98 Å². The van der Waals surface area contributed by atoms with Gasteiger partial charge >= 0.3 is 0 Å². The minimum atomic E-state index is -0.371. The lowest BCUT2D eigenvalue weighted by Crippen LogP contribution is -2.35. The third kappa shape index (κ3) is 3.14. The van der Waals surface area contributed by atoms with Crippen LogP contribution in [0, 0.1) is 0 Å². The average molecular weight is 291 g/mol. The summed E-state index contributed by atoms with van der Waals surface area (Å²) in [6, 6.07) is 12.1. The van der Waals surface area contributed by atoms with Crippen molar-refractivity contribution < 1.29 is 0 Å². The van der Waals surface area contributed by atoms with E-state index in [4.69, 9.17) is 5.73 Å². The Balaban J connectivity index is 2.21. The van der Waals surface area contributed by atoms with Gasteiger partial charge in [-0.2, -0.15) is 0 Å². The summed E-state index contributed by atoms with van der Waals surface area (Å²) >= 11 is 3.43. The van der Waals surface area contributed by atoms with Crippen LogP contribution < -0.4 is 5.73 Å². The van der Waals surface area contributed by atoms with Crippen LogP contribution in [0.2, 0.25) is 0 Å². The van der Waals surface area contributed by atoms with Crippen molar-refractivity contribution >= 4 is 15.9 Å². The second-order valence-corrected chi connectivity index (χ2v) is 5.38. The van der Waals surface area contributed by atoms with Gasteiger partial charge in [0.15, 0.2) is 0 Å². The summed E-state index contributed by atoms with van der Waals surface area (Å²) in [5, 5.41) is 0. The summed E-state index contributed by atoms with van der Waals surface area (Å²) in [5.74, 6) is 0. The Kier molecular flexibility index (Phi) is 3.60. The van der Waals surface area contributed by atoms with Crippen LogP contribution in [0.15, 0.2) is 53.3 Å². The zero-order valence-corrected chi connectivity index (χ0v) is 11.3. The SMILES string of the molecule is CC(N)(Cc1cccnc1)c1ccc(Br)cc1. The molecule has 3 heteroatoms. The monoisotopic (exact) mass is 290 g/mol. The van der Waals surface area contributed by atoms with Gasteiger partial charge in [0.25, 0.3) is 0 Å². The van der Waals surface area contributed by atoms with Crippen LogP contribution >= 0.6 is 15.9 Å². The van der Waals surface area contributed by atoms with E-state index in [-0.39, 0.29) is 5.54 Å². The number of nitrogens with zero attached hydrogens (tertiary/aromatic N) is 1. The van der Waals surface area contributed by atoms with Crippen molar-refractivity contribution in [3.05, 3.63) is 64.4 Å². The first-order valence-electron chi connectivity index (χ1n) is 5.52. The molecule has 0 amide bonds. The Morgan fingerprint density at radius 1 is 1.24 bits per heavy atom. The van der Waals surface area contributed by atoms with E-state index in [1.54, 1.807) is 6.20 Å². The number of hydrogen-bond donors (Lipinski definition) is 1. The molecule has 1 heterocycles. The molecule has 88 valence electrons. The molecular formula is C14H15BrN2. The maximum absolute atomic E-state index is 6.38. The molecule has 2 N–H and O–H groups in total. The molecule has 2 nitrogen and oxygen atoms in total. The third-order valence-corrected chi connectivity index (χ3v) is 3.33. The molecule has 0 saturated carbocycles. The quantitative estimate of drug-likeness (QED) is 0.942. The summed E-state index contributed by atoms with van der Waals surface area (Å²) < 4.78 is 1.07. The molecule has 1 aromatic carbocycles. The zero-order valence-electron chi connectivity index (χ0n) is 9.73. The highest BCUT2D eigenvalue weighted by molar-refractivity contribution is 9.10. The van der Waals surface area contributed by atoms with Gasteiger partial charge in [0.2, 0.25) is 0 Å². The Hall–Kier alpha value is -1.19. The topological polar surface area (TPSA) is 38.9 Å². The maximum Gasteiger partial charge on any atom is 0.0422 e. The highest BCUT2D eigenvalue weighted by Gasteiger charge is 2.21. The minimum Gasteiger partial charge on any atom is -0.321 e. The number of benzene rings is 1. The van der Waals surface area contributed by atoms with Crippen molar-refractivity contribution in [1.82, 2.24) is 4.98 Å². The standard InChI is InChI=1S/C14H15BrN2/c1-14(16,9-11-3-2-8-17-10-11)12-4-6-13(15)7-5-12/h2-8,10H,9,16H2,1H3. The first-order chi connectivity index (χ1) is 8.08. The number of halogens is 1. The van der Waals surface area contributed by atoms with Gasteiger partial charge in [-0.1, -0.05) is 34.1 Å². The molecule has 0 aliphatic rings. The first-order valence-corrected chi connectivity index (χ1v) is 6.31. The van der Waals surface area contributed by atoms with E-state index in [1.807, 2.05) is 31.3 Å². The summed E-state index contributed by atoms with van der Waals surface area (Å²) in [6.07, 6.45) is 4.42. The van der Waals surface area contributed by atoms with Crippen molar-refractivity contribution in [1.29, 1.82) is 0 Å². The summed E-state index contributed by atoms with van der Waals surface area (Å²) in [4.78, 5) is 4.11. The maximum atomic E-state index is 6.38. The number of aromatic nitrogens is 1. The Morgan fingerprint density at radius 2 is 1.94 bits per heavy atom. The average Bonchev–Trinajstić information content (AvgIpc) is 2.30. The predicted molar refractivity (Wildman–Crippen MR) is 73.6 cm³/mol. The van der Waals surface area contributed by atoms with Gasteiger partial charge < -0.3 is 5.73 Å². The number of nitrogens with two attached hydrogens (primary N) is 1. The van der Waals surface area contributed by atoms with Crippen LogP contribution in [0.3, 0.4) is 0 Å². The van der Waals surface area contributed by atoms with Crippen LogP contribution in [0.25, 0.3) is 0 Å². The fraction of sp³-hybridized carbons (Fsp3) is 0.214. The van der Waals surface area contributed by atoms with Gasteiger partial charge in [-0.25, -0.2) is 0 Å². The van der Waals surface area contributed by atoms with E-state index >= 15 is 0 Å². The van der Waals surface area contributed by atoms with Crippen molar-refractivity contribution in [3.8, 4) is 0 Å². The molecule has 1 unspecified atom stereocenters. The molecule has 2 rings (SSSR count). The molecule has 1 aromatic heterocycles. The van der Waals surface area contributed by atoms with Gasteiger partial charge in [-0.15, -0.1) is 0 Å². The summed E-state index contributed by atoms with van der Waals surface area (Å²) in [6.45, 7) is 2.04. The predicted octanol–water partition coefficient (Wildman–Crippen LogP) is 3.26. The third-order valence-electron chi connectivity index (χ3n) is 2.80. The van der Waals surface area contributed by atoms with Gasteiger partial charge in [-0.3, -0.25) is 4.98 Å². The molecular weight excluding hydrogens is 276 g/mol. The van der Waals surface area contributed by atoms with E-state index in [0.717, 1.165) is 22.0 Å². The normalized spacial score (nSPS) is 14.3. The summed E-state index contributed by atoms with van der Waals surface area (Å²) in [7, 11) is 0. The van der Waals surface area contributed by atoms with Crippen molar-refractivity contribution in [2.24, 2.45) is 5.73 Å². The molecule has 1 atom stereocenters. The smallest absolute Gasteiger partial charge is 0.0422 e. The molecule has 0 aliphatic heterocycles. The Morgan fingerprint density at radius 3 is 2.53 bits per heavy atom. The number of pyridine rings is 1. The van der Waals surface area contributed by atoms with Gasteiger partial charge in [0, 0.05) is 22.4 Å². The number of hydrogen-bond acceptors (Lipinski definition) is 2. The van der Waals surface area contributed by atoms with Crippen LogP contribution in [0.1, 0.15) is 18.1 Å². The molecule has 0 spiro atoms.